The maximum absolute atomic E-state index is 14.2. The van der Waals surface area contributed by atoms with Crippen molar-refractivity contribution in [1.29, 1.82) is 0 Å². The summed E-state index contributed by atoms with van der Waals surface area (Å²) in [5.74, 6) is 0.0128. The first-order valence-electron chi connectivity index (χ1n) is 5.26. The quantitative estimate of drug-likeness (QED) is 0.634. The van der Waals surface area contributed by atoms with Crippen LogP contribution in [0.25, 0.3) is 0 Å². The van der Waals surface area contributed by atoms with Crippen LogP contribution < -0.4 is 4.74 Å². The molecule has 0 aliphatic heterocycles. The van der Waals surface area contributed by atoms with Crippen LogP contribution in [0.15, 0.2) is 21.6 Å². The monoisotopic (exact) mass is 299 g/mol. The normalized spacial score (nSPS) is 16.9. The van der Waals surface area contributed by atoms with Gasteiger partial charge in [0, 0.05) is 5.56 Å². The third kappa shape index (κ3) is 1.90. The Labute approximate surface area is 107 Å². The number of rotatable bonds is 3. The zero-order valence-corrected chi connectivity index (χ0v) is 10.9. The minimum absolute atomic E-state index is 0.268. The number of carbonyl (C=O) groups excluding carboxylic acids is 1. The molecule has 0 atom stereocenters. The third-order valence-corrected chi connectivity index (χ3v) is 3.95. The lowest BCUT2D eigenvalue weighted by Crippen LogP contribution is -2.33. The molecule has 1 saturated carbocycles. The lowest BCUT2D eigenvalue weighted by Gasteiger charge is -2.37. The van der Waals surface area contributed by atoms with Gasteiger partial charge in [-0.3, -0.25) is 0 Å². The van der Waals surface area contributed by atoms with Crippen molar-refractivity contribution in [3.05, 3.63) is 28.0 Å². The van der Waals surface area contributed by atoms with Gasteiger partial charge in [-0.05, 0) is 47.3 Å². The molecule has 3 nitrogen and oxygen atoms in total. The van der Waals surface area contributed by atoms with E-state index < -0.39 is 11.4 Å². The second-order valence-electron chi connectivity index (χ2n) is 4.03. The lowest BCUT2D eigenvalue weighted by atomic mass is 9.72. The van der Waals surface area contributed by atoms with Crippen LogP contribution in [0.4, 0.5) is 4.39 Å². The number of halogens is 2. The van der Waals surface area contributed by atoms with Gasteiger partial charge in [0.15, 0.2) is 0 Å². The van der Waals surface area contributed by atoms with E-state index in [0.29, 0.717) is 24.2 Å². The standard InChI is InChI=1S/C12H11BrFNO2/c1-17-9-4-3-8(11(14)10(9)13)12(15-7-16)5-2-6-12/h3-4H,2,5-6H2,1H3. The van der Waals surface area contributed by atoms with Gasteiger partial charge in [-0.15, -0.1) is 0 Å². The van der Waals surface area contributed by atoms with E-state index in [2.05, 4.69) is 20.9 Å². The highest BCUT2D eigenvalue weighted by atomic mass is 79.9. The van der Waals surface area contributed by atoms with Crippen molar-refractivity contribution in [2.45, 2.75) is 24.8 Å². The first-order chi connectivity index (χ1) is 8.14. The predicted molar refractivity (Wildman–Crippen MR) is 64.3 cm³/mol. The molecule has 0 N–H and O–H groups in total. The molecule has 0 heterocycles. The second-order valence-corrected chi connectivity index (χ2v) is 4.82. The first kappa shape index (κ1) is 12.3. The van der Waals surface area contributed by atoms with E-state index >= 15 is 0 Å². The lowest BCUT2D eigenvalue weighted by molar-refractivity contribution is 0.246. The highest BCUT2D eigenvalue weighted by molar-refractivity contribution is 9.10. The molecule has 1 aromatic rings. The van der Waals surface area contributed by atoms with Crippen molar-refractivity contribution in [1.82, 2.24) is 0 Å². The largest absolute Gasteiger partial charge is 0.495 e. The molecule has 1 aliphatic carbocycles. The Morgan fingerprint density at radius 2 is 2.24 bits per heavy atom. The van der Waals surface area contributed by atoms with Crippen LogP contribution in [0.5, 0.6) is 5.75 Å². The molecule has 1 aliphatic rings. The van der Waals surface area contributed by atoms with Gasteiger partial charge in [0.2, 0.25) is 6.08 Å². The molecule has 90 valence electrons. The molecule has 0 saturated heterocycles. The van der Waals surface area contributed by atoms with Crippen LogP contribution in [-0.2, 0) is 10.3 Å². The van der Waals surface area contributed by atoms with E-state index in [1.807, 2.05) is 0 Å². The topological polar surface area (TPSA) is 38.7 Å². The van der Waals surface area contributed by atoms with E-state index in [9.17, 15) is 9.18 Å². The van der Waals surface area contributed by atoms with E-state index in [4.69, 9.17) is 4.74 Å². The first-order valence-corrected chi connectivity index (χ1v) is 6.05. The third-order valence-electron chi connectivity index (χ3n) is 3.21. The van der Waals surface area contributed by atoms with E-state index in [1.54, 1.807) is 18.2 Å². The van der Waals surface area contributed by atoms with Crippen molar-refractivity contribution < 1.29 is 13.9 Å². The molecule has 0 bridgehead atoms. The average Bonchev–Trinajstić information content (AvgIpc) is 2.28. The van der Waals surface area contributed by atoms with Crippen LogP contribution >= 0.6 is 15.9 Å². The summed E-state index contributed by atoms with van der Waals surface area (Å²) < 4.78 is 19.5. The van der Waals surface area contributed by atoms with Gasteiger partial charge in [-0.1, -0.05) is 0 Å². The maximum atomic E-state index is 14.2. The van der Waals surface area contributed by atoms with Crippen LogP contribution in [0.1, 0.15) is 24.8 Å². The minimum atomic E-state index is -0.722. The average molecular weight is 300 g/mol. The molecular weight excluding hydrogens is 289 g/mol. The molecule has 0 spiro atoms. The Kier molecular flexibility index (Phi) is 3.31. The Bertz CT molecular complexity index is 494. The second kappa shape index (κ2) is 4.59. The summed E-state index contributed by atoms with van der Waals surface area (Å²) in [7, 11) is 1.47. The summed E-state index contributed by atoms with van der Waals surface area (Å²) >= 11 is 3.15. The van der Waals surface area contributed by atoms with Crippen LogP contribution in [0, 0.1) is 5.82 Å². The smallest absolute Gasteiger partial charge is 0.235 e. The fraction of sp³-hybridized carbons (Fsp3) is 0.417. The van der Waals surface area contributed by atoms with Gasteiger partial charge in [-0.2, -0.15) is 4.99 Å². The van der Waals surface area contributed by atoms with Gasteiger partial charge >= 0.3 is 0 Å². The van der Waals surface area contributed by atoms with Gasteiger partial charge in [0.25, 0.3) is 0 Å². The number of nitrogens with zero attached hydrogens (tertiary/aromatic N) is 1. The van der Waals surface area contributed by atoms with E-state index in [0.717, 1.165) is 6.42 Å². The van der Waals surface area contributed by atoms with E-state index in [-0.39, 0.29) is 4.47 Å². The highest BCUT2D eigenvalue weighted by Crippen LogP contribution is 2.47. The molecule has 0 unspecified atom stereocenters. The summed E-state index contributed by atoms with van der Waals surface area (Å²) in [5, 5.41) is 0. The fourth-order valence-corrected chi connectivity index (χ4v) is 2.60. The number of benzene rings is 1. The molecule has 1 aromatic carbocycles. The zero-order chi connectivity index (χ0) is 12.5. The molecule has 0 amide bonds. The van der Waals surface area contributed by atoms with Crippen LogP contribution in [-0.4, -0.2) is 13.2 Å². The summed E-state index contributed by atoms with van der Waals surface area (Å²) in [6.07, 6.45) is 3.84. The zero-order valence-electron chi connectivity index (χ0n) is 9.30. The van der Waals surface area contributed by atoms with E-state index in [1.165, 1.54) is 7.11 Å². The van der Waals surface area contributed by atoms with Gasteiger partial charge in [-0.25, -0.2) is 9.18 Å². The number of hydrogen-bond acceptors (Lipinski definition) is 3. The van der Waals surface area contributed by atoms with Gasteiger partial charge in [0.05, 0.1) is 11.6 Å². The highest BCUT2D eigenvalue weighted by Gasteiger charge is 2.41. The van der Waals surface area contributed by atoms with Crippen molar-refractivity contribution in [2.75, 3.05) is 7.11 Å². The van der Waals surface area contributed by atoms with Crippen molar-refractivity contribution in [2.24, 2.45) is 4.99 Å². The summed E-state index contributed by atoms with van der Waals surface area (Å²) in [6.45, 7) is 0. The molecule has 5 heteroatoms. The summed E-state index contributed by atoms with van der Waals surface area (Å²) in [6, 6.07) is 3.29. The van der Waals surface area contributed by atoms with Crippen LogP contribution in [0.3, 0.4) is 0 Å². The van der Waals surface area contributed by atoms with Gasteiger partial charge in [0.1, 0.15) is 17.1 Å². The molecule has 1 fully saturated rings. The Morgan fingerprint density at radius 1 is 1.53 bits per heavy atom. The number of hydrogen-bond donors (Lipinski definition) is 0. The molecular formula is C12H11BrFNO2. The minimum Gasteiger partial charge on any atom is -0.495 e. The van der Waals surface area contributed by atoms with Crippen LogP contribution in [0.2, 0.25) is 0 Å². The molecule has 0 aromatic heterocycles. The summed E-state index contributed by atoms with van der Waals surface area (Å²) in [5.41, 5.74) is -0.291. The number of ether oxygens (including phenoxy) is 1. The summed E-state index contributed by atoms with van der Waals surface area (Å²) in [4.78, 5) is 14.2. The maximum Gasteiger partial charge on any atom is 0.235 e. The molecule has 17 heavy (non-hydrogen) atoms. The Balaban J connectivity index is 2.53. The Morgan fingerprint density at radius 3 is 2.71 bits per heavy atom. The van der Waals surface area contributed by atoms with Crippen molar-refractivity contribution in [3.8, 4) is 5.75 Å². The van der Waals surface area contributed by atoms with Gasteiger partial charge < -0.3 is 4.74 Å². The number of aliphatic imine (C=N–C) groups is 1. The number of isocyanates is 1. The fourth-order valence-electron chi connectivity index (χ4n) is 2.09. The predicted octanol–water partition coefficient (Wildman–Crippen LogP) is 3.31. The molecule has 0 radical (unpaired) electrons. The molecule has 2 rings (SSSR count). The Hall–Kier alpha value is -1.19. The number of methoxy groups -OCH3 is 1. The SMILES string of the molecule is COc1ccc(C2(N=C=O)CCC2)c(F)c1Br. The van der Waals surface area contributed by atoms with Crippen molar-refractivity contribution in [3.63, 3.8) is 0 Å². The van der Waals surface area contributed by atoms with Crippen molar-refractivity contribution >= 4 is 22.0 Å².